The Kier molecular flexibility index (Phi) is 6.36. The van der Waals surface area contributed by atoms with Crippen molar-refractivity contribution in [3.8, 4) is 0 Å². The minimum atomic E-state index is -0.932. The van der Waals surface area contributed by atoms with Crippen LogP contribution in [0.3, 0.4) is 0 Å². The van der Waals surface area contributed by atoms with Crippen molar-refractivity contribution >= 4 is 45.2 Å². The second-order valence-corrected chi connectivity index (χ2v) is 8.46. The molecule has 0 radical (unpaired) electrons. The molecule has 2 aromatic heterocycles. The molecule has 32 heavy (non-hydrogen) atoms. The molecule has 0 aliphatic heterocycles. The molecule has 166 valence electrons. The molecule has 2 heterocycles. The van der Waals surface area contributed by atoms with Gasteiger partial charge < -0.3 is 19.2 Å². The molecule has 0 unspecified atom stereocenters. The molecule has 0 saturated heterocycles. The summed E-state index contributed by atoms with van der Waals surface area (Å²) in [5, 5.41) is 3.39. The van der Waals surface area contributed by atoms with E-state index in [9.17, 15) is 19.2 Å². The Bertz CT molecular complexity index is 1260. The molecule has 1 aliphatic carbocycles. The van der Waals surface area contributed by atoms with Crippen molar-refractivity contribution in [3.63, 3.8) is 0 Å². The maximum absolute atomic E-state index is 12.4. The van der Waals surface area contributed by atoms with Crippen LogP contribution in [0.5, 0.6) is 0 Å². The van der Waals surface area contributed by atoms with Crippen molar-refractivity contribution < 1.29 is 28.3 Å². The number of esters is 2. The van der Waals surface area contributed by atoms with E-state index < -0.39 is 24.5 Å². The molecule has 8 nitrogen and oxygen atoms in total. The number of aryl methyl sites for hydroxylation is 1. The van der Waals surface area contributed by atoms with Gasteiger partial charge >= 0.3 is 11.9 Å². The number of fused-ring (bicyclic) bond motifs is 2. The highest BCUT2D eigenvalue weighted by molar-refractivity contribution is 7.17. The SMILES string of the molecule is COC(=O)c1c(NC(=O)COC(=O)c2cc(=O)c3ccccc3o2)sc2c1CCCCC2. The van der Waals surface area contributed by atoms with Crippen LogP contribution in [0.4, 0.5) is 5.00 Å². The Morgan fingerprint density at radius 2 is 1.88 bits per heavy atom. The molecule has 3 aromatic rings. The van der Waals surface area contributed by atoms with Gasteiger partial charge in [-0.05, 0) is 43.4 Å². The van der Waals surface area contributed by atoms with Crippen molar-refractivity contribution in [1.82, 2.24) is 0 Å². The van der Waals surface area contributed by atoms with E-state index >= 15 is 0 Å². The zero-order valence-corrected chi connectivity index (χ0v) is 18.2. The first-order valence-corrected chi connectivity index (χ1v) is 11.0. The summed E-state index contributed by atoms with van der Waals surface area (Å²) >= 11 is 1.35. The molecular weight excluding hydrogens is 434 g/mol. The maximum atomic E-state index is 12.4. The molecule has 1 aliphatic rings. The number of anilines is 1. The number of rotatable bonds is 5. The van der Waals surface area contributed by atoms with Crippen LogP contribution in [-0.2, 0) is 27.1 Å². The highest BCUT2D eigenvalue weighted by Crippen LogP contribution is 2.37. The Morgan fingerprint density at radius 1 is 1.09 bits per heavy atom. The van der Waals surface area contributed by atoms with Gasteiger partial charge in [-0.15, -0.1) is 11.3 Å². The summed E-state index contributed by atoms with van der Waals surface area (Å²) in [6.07, 6.45) is 4.67. The van der Waals surface area contributed by atoms with E-state index in [1.165, 1.54) is 18.4 Å². The zero-order valence-electron chi connectivity index (χ0n) is 17.4. The van der Waals surface area contributed by atoms with Gasteiger partial charge in [0.1, 0.15) is 10.6 Å². The van der Waals surface area contributed by atoms with E-state index in [4.69, 9.17) is 13.9 Å². The number of para-hydroxylation sites is 1. The first kappa shape index (κ1) is 21.8. The van der Waals surface area contributed by atoms with Crippen molar-refractivity contribution in [2.24, 2.45) is 0 Å². The van der Waals surface area contributed by atoms with E-state index in [0.29, 0.717) is 16.0 Å². The zero-order chi connectivity index (χ0) is 22.7. The van der Waals surface area contributed by atoms with Crippen molar-refractivity contribution in [3.05, 3.63) is 62.3 Å². The first-order valence-electron chi connectivity index (χ1n) is 10.2. The fourth-order valence-corrected chi connectivity index (χ4v) is 5.01. The van der Waals surface area contributed by atoms with E-state index in [1.54, 1.807) is 24.3 Å². The Hall–Kier alpha value is -3.46. The first-order chi connectivity index (χ1) is 15.5. The van der Waals surface area contributed by atoms with Gasteiger partial charge in [0.2, 0.25) is 5.76 Å². The van der Waals surface area contributed by atoms with Crippen LogP contribution in [0.2, 0.25) is 0 Å². The summed E-state index contributed by atoms with van der Waals surface area (Å²) in [4.78, 5) is 50.3. The third-order valence-corrected chi connectivity index (χ3v) is 6.44. The van der Waals surface area contributed by atoms with Crippen LogP contribution >= 0.6 is 11.3 Å². The molecule has 0 fully saturated rings. The number of methoxy groups -OCH3 is 1. The Balaban J connectivity index is 1.47. The predicted molar refractivity (Wildman–Crippen MR) is 118 cm³/mol. The van der Waals surface area contributed by atoms with Crippen molar-refractivity contribution in [1.29, 1.82) is 0 Å². The molecule has 9 heteroatoms. The van der Waals surface area contributed by atoms with Crippen LogP contribution in [0.1, 0.15) is 50.6 Å². The average Bonchev–Trinajstić information content (AvgIpc) is 2.96. The molecule has 0 saturated carbocycles. The number of amides is 1. The molecule has 4 rings (SSSR count). The lowest BCUT2D eigenvalue weighted by molar-refractivity contribution is -0.119. The van der Waals surface area contributed by atoms with Crippen molar-refractivity contribution in [2.45, 2.75) is 32.1 Å². The monoisotopic (exact) mass is 455 g/mol. The van der Waals surface area contributed by atoms with Crippen LogP contribution in [0.15, 0.2) is 39.5 Å². The molecule has 0 bridgehead atoms. The van der Waals surface area contributed by atoms with Crippen molar-refractivity contribution in [2.75, 3.05) is 19.0 Å². The number of nitrogens with one attached hydrogen (secondary N) is 1. The fourth-order valence-electron chi connectivity index (χ4n) is 3.72. The highest BCUT2D eigenvalue weighted by atomic mass is 32.1. The van der Waals surface area contributed by atoms with Gasteiger partial charge in [0, 0.05) is 10.9 Å². The van der Waals surface area contributed by atoms with Crippen LogP contribution in [0.25, 0.3) is 11.0 Å². The molecule has 0 atom stereocenters. The lowest BCUT2D eigenvalue weighted by Crippen LogP contribution is -2.22. The van der Waals surface area contributed by atoms with Gasteiger partial charge in [0.25, 0.3) is 5.91 Å². The average molecular weight is 455 g/mol. The number of benzene rings is 1. The van der Waals surface area contributed by atoms with Crippen LogP contribution in [-0.4, -0.2) is 31.6 Å². The minimum Gasteiger partial charge on any atom is -0.465 e. The third-order valence-electron chi connectivity index (χ3n) is 5.23. The summed E-state index contributed by atoms with van der Waals surface area (Å²) < 4.78 is 15.4. The van der Waals surface area contributed by atoms with E-state index in [1.807, 2.05) is 0 Å². The predicted octanol–water partition coefficient (Wildman–Crippen LogP) is 3.71. The number of carbonyl (C=O) groups is 3. The fraction of sp³-hybridized carbons (Fsp3) is 0.304. The Labute approximate surface area is 187 Å². The summed E-state index contributed by atoms with van der Waals surface area (Å²) in [6.45, 7) is -0.599. The second-order valence-electron chi connectivity index (χ2n) is 7.36. The number of thiophene rings is 1. The largest absolute Gasteiger partial charge is 0.465 e. The molecule has 0 spiro atoms. The van der Waals surface area contributed by atoms with Gasteiger partial charge in [-0.25, -0.2) is 9.59 Å². The lowest BCUT2D eigenvalue weighted by Gasteiger charge is -2.08. The normalized spacial score (nSPS) is 13.2. The van der Waals surface area contributed by atoms with Crippen LogP contribution < -0.4 is 10.7 Å². The van der Waals surface area contributed by atoms with E-state index in [2.05, 4.69) is 5.32 Å². The number of ether oxygens (including phenoxy) is 2. The van der Waals surface area contributed by atoms with Gasteiger partial charge in [-0.3, -0.25) is 9.59 Å². The minimum absolute atomic E-state index is 0.249. The number of hydrogen-bond acceptors (Lipinski definition) is 8. The summed E-state index contributed by atoms with van der Waals surface area (Å²) in [7, 11) is 1.30. The van der Waals surface area contributed by atoms with Gasteiger partial charge in [0.05, 0.1) is 18.1 Å². The van der Waals surface area contributed by atoms with Gasteiger partial charge in [-0.2, -0.15) is 0 Å². The number of hydrogen-bond donors (Lipinski definition) is 1. The quantitative estimate of drug-likeness (QED) is 0.461. The molecule has 1 amide bonds. The molecular formula is C23H21NO7S. The van der Waals surface area contributed by atoms with E-state index in [0.717, 1.165) is 48.6 Å². The molecule has 1 aromatic carbocycles. The lowest BCUT2D eigenvalue weighted by atomic mass is 10.1. The van der Waals surface area contributed by atoms with Crippen LogP contribution in [0, 0.1) is 0 Å². The smallest absolute Gasteiger partial charge is 0.374 e. The topological polar surface area (TPSA) is 112 Å². The number of carbonyl (C=O) groups excluding carboxylic acids is 3. The van der Waals surface area contributed by atoms with Gasteiger partial charge in [-0.1, -0.05) is 18.6 Å². The standard InChI is InChI=1S/C23H21NO7S/c1-29-23(28)20-14-8-3-2-4-10-18(14)32-21(20)24-19(26)12-30-22(27)17-11-15(25)13-7-5-6-9-16(13)31-17/h5-7,9,11H,2-4,8,10,12H2,1H3,(H,24,26). The van der Waals surface area contributed by atoms with Gasteiger partial charge in [0.15, 0.2) is 12.0 Å². The third kappa shape index (κ3) is 4.43. The molecule has 1 N–H and O–H groups in total. The summed E-state index contributed by atoms with van der Waals surface area (Å²) in [5.41, 5.74) is 1.16. The highest BCUT2D eigenvalue weighted by Gasteiger charge is 2.26. The van der Waals surface area contributed by atoms with E-state index in [-0.39, 0.29) is 16.8 Å². The second kappa shape index (κ2) is 9.35. The summed E-state index contributed by atoms with van der Waals surface area (Å²) in [5.74, 6) is -2.34. The Morgan fingerprint density at radius 3 is 2.69 bits per heavy atom. The summed E-state index contributed by atoms with van der Waals surface area (Å²) in [6, 6.07) is 7.55. The maximum Gasteiger partial charge on any atom is 0.374 e.